The molecule has 0 radical (unpaired) electrons. The number of aromatic nitrogens is 1. The number of unbranched alkanes of at least 4 members (excludes halogenated alkanes) is 2. The van der Waals surface area contributed by atoms with Gasteiger partial charge in [0.25, 0.3) is 0 Å². The number of alkyl halides is 3. The molecule has 0 bridgehead atoms. The van der Waals surface area contributed by atoms with Gasteiger partial charge < -0.3 is 14.2 Å². The summed E-state index contributed by atoms with van der Waals surface area (Å²) in [6, 6.07) is -0.0951. The molecule has 0 aliphatic carbocycles. The van der Waals surface area contributed by atoms with Gasteiger partial charge in [-0.05, 0) is 25.2 Å². The Hall–Kier alpha value is -2.35. The molecule has 1 aromatic rings. The molecule has 10 nitrogen and oxygen atoms in total. The summed E-state index contributed by atoms with van der Waals surface area (Å²) in [5, 5.41) is 5.82. The summed E-state index contributed by atoms with van der Waals surface area (Å²) in [5.74, 6) is -0.928. The first-order valence-corrected chi connectivity index (χ1v) is 11.7. The van der Waals surface area contributed by atoms with Crippen LogP contribution in [0, 0.1) is 5.92 Å². The number of sulfonamides is 1. The molecule has 1 fully saturated rings. The van der Waals surface area contributed by atoms with E-state index >= 15 is 0 Å². The lowest BCUT2D eigenvalue weighted by Gasteiger charge is -2.18. The minimum Gasteiger partial charge on any atom is -0.454 e. The fourth-order valence-electron chi connectivity index (χ4n) is 3.07. The van der Waals surface area contributed by atoms with E-state index < -0.39 is 40.8 Å². The van der Waals surface area contributed by atoms with E-state index in [2.05, 4.69) is 19.9 Å². The van der Waals surface area contributed by atoms with Crippen molar-refractivity contribution >= 4 is 22.0 Å². The molecular weight excluding hydrogens is 457 g/mol. The number of hydrogen-bond acceptors (Lipinski definition) is 7. The lowest BCUT2D eigenvalue weighted by Crippen LogP contribution is -2.32. The maximum Gasteiger partial charge on any atom is 0.422 e. The van der Waals surface area contributed by atoms with Gasteiger partial charge in [-0.25, -0.2) is 17.9 Å². The van der Waals surface area contributed by atoms with Crippen molar-refractivity contribution in [3.05, 3.63) is 11.8 Å². The third-order valence-corrected chi connectivity index (χ3v) is 5.95. The first-order chi connectivity index (χ1) is 14.8. The molecule has 1 aliphatic rings. The highest BCUT2D eigenvalue weighted by molar-refractivity contribution is 7.89. The highest BCUT2D eigenvalue weighted by Crippen LogP contribution is 2.26. The van der Waals surface area contributed by atoms with Crippen molar-refractivity contribution in [2.45, 2.75) is 51.7 Å². The lowest BCUT2D eigenvalue weighted by atomic mass is 10.0. The molecule has 2 heterocycles. The molecule has 0 saturated carbocycles. The van der Waals surface area contributed by atoms with Crippen LogP contribution in [0.25, 0.3) is 0 Å². The van der Waals surface area contributed by atoms with Crippen molar-refractivity contribution in [3.8, 4) is 5.95 Å². The second kappa shape index (κ2) is 11.0. The van der Waals surface area contributed by atoms with Gasteiger partial charge in [0, 0.05) is 12.6 Å². The molecule has 1 atom stereocenters. The zero-order valence-corrected chi connectivity index (χ0v) is 18.6. The standard InChI is InChI=1S/C18H27F3N4O6S/c1-12(2)8-14(13-9-16(31-23-13)30-11-18(19,20)21)24-32(28,29)7-5-3-4-6-25-10-15(26)22-17(25)27/h9,12,14,24H,3-8,10-11H2,1-2H3,(H,22,26,27)/t14-/m1/s1. The van der Waals surface area contributed by atoms with E-state index in [9.17, 15) is 31.2 Å². The van der Waals surface area contributed by atoms with Crippen LogP contribution in [0.5, 0.6) is 5.95 Å². The Kier molecular flexibility index (Phi) is 8.89. The number of imide groups is 1. The largest absolute Gasteiger partial charge is 0.454 e. The Balaban J connectivity index is 1.85. The van der Waals surface area contributed by atoms with Gasteiger partial charge >= 0.3 is 18.2 Å². The summed E-state index contributed by atoms with van der Waals surface area (Å²) < 4.78 is 73.6. The average molecular weight is 484 g/mol. The normalized spacial score (nSPS) is 16.0. The second-order valence-electron chi connectivity index (χ2n) is 7.93. The summed E-state index contributed by atoms with van der Waals surface area (Å²) in [4.78, 5) is 23.9. The predicted octanol–water partition coefficient (Wildman–Crippen LogP) is 2.34. The number of nitrogens with one attached hydrogen (secondary N) is 2. The van der Waals surface area contributed by atoms with E-state index in [1.165, 1.54) is 4.90 Å². The van der Waals surface area contributed by atoms with Gasteiger partial charge in [0.15, 0.2) is 6.61 Å². The summed E-state index contributed by atoms with van der Waals surface area (Å²) in [7, 11) is -3.72. The molecule has 0 aromatic carbocycles. The maximum atomic E-state index is 12.5. The fourth-order valence-corrected chi connectivity index (χ4v) is 4.42. The van der Waals surface area contributed by atoms with E-state index in [0.717, 1.165) is 6.07 Å². The zero-order valence-electron chi connectivity index (χ0n) is 17.8. The van der Waals surface area contributed by atoms with Gasteiger partial charge in [0.1, 0.15) is 12.2 Å². The van der Waals surface area contributed by atoms with Crippen LogP contribution in [0.3, 0.4) is 0 Å². The van der Waals surface area contributed by atoms with Gasteiger partial charge in [-0.1, -0.05) is 25.4 Å². The number of halogens is 3. The quantitative estimate of drug-likeness (QED) is 0.325. The van der Waals surface area contributed by atoms with Crippen LogP contribution in [0.15, 0.2) is 10.6 Å². The van der Waals surface area contributed by atoms with Crippen LogP contribution in [0.4, 0.5) is 18.0 Å². The van der Waals surface area contributed by atoms with E-state index in [4.69, 9.17) is 4.52 Å². The second-order valence-corrected chi connectivity index (χ2v) is 9.80. The van der Waals surface area contributed by atoms with E-state index in [0.29, 0.717) is 32.2 Å². The van der Waals surface area contributed by atoms with Crippen LogP contribution in [-0.2, 0) is 14.8 Å². The van der Waals surface area contributed by atoms with Crippen molar-refractivity contribution in [1.29, 1.82) is 0 Å². The number of nitrogens with zero attached hydrogens (tertiary/aromatic N) is 2. The Morgan fingerprint density at radius 2 is 2.00 bits per heavy atom. The summed E-state index contributed by atoms with van der Waals surface area (Å²) in [6.45, 7) is 2.53. The molecule has 3 amide bonds. The number of ether oxygens (including phenoxy) is 1. The zero-order chi connectivity index (χ0) is 23.9. The van der Waals surface area contributed by atoms with Crippen molar-refractivity contribution in [1.82, 2.24) is 20.1 Å². The predicted molar refractivity (Wildman–Crippen MR) is 106 cm³/mol. The van der Waals surface area contributed by atoms with Crippen molar-refractivity contribution in [2.75, 3.05) is 25.4 Å². The smallest absolute Gasteiger partial charge is 0.422 e. The van der Waals surface area contributed by atoms with Crippen molar-refractivity contribution in [3.63, 3.8) is 0 Å². The molecule has 182 valence electrons. The van der Waals surface area contributed by atoms with Gasteiger partial charge in [-0.3, -0.25) is 10.1 Å². The lowest BCUT2D eigenvalue weighted by molar-refractivity contribution is -0.156. The Bertz CT molecular complexity index is 888. The molecule has 0 spiro atoms. The fraction of sp³-hybridized carbons (Fsp3) is 0.722. The number of rotatable bonds is 13. The third kappa shape index (κ3) is 9.02. The monoisotopic (exact) mass is 484 g/mol. The van der Waals surface area contributed by atoms with E-state index in [-0.39, 0.29) is 29.8 Å². The molecule has 1 saturated heterocycles. The maximum absolute atomic E-state index is 12.5. The average Bonchev–Trinajstić information content (AvgIpc) is 3.24. The first kappa shape index (κ1) is 25.9. The molecule has 2 N–H and O–H groups in total. The van der Waals surface area contributed by atoms with Crippen LogP contribution < -0.4 is 14.8 Å². The Morgan fingerprint density at radius 1 is 1.28 bits per heavy atom. The Morgan fingerprint density at radius 3 is 2.59 bits per heavy atom. The number of urea groups is 1. The van der Waals surface area contributed by atoms with Crippen LogP contribution >= 0.6 is 0 Å². The highest BCUT2D eigenvalue weighted by atomic mass is 32.2. The molecule has 32 heavy (non-hydrogen) atoms. The van der Waals surface area contributed by atoms with Crippen LogP contribution in [-0.4, -0.2) is 62.0 Å². The number of hydrogen-bond donors (Lipinski definition) is 2. The minimum atomic E-state index is -4.54. The molecule has 1 aromatic heterocycles. The molecule has 2 rings (SSSR count). The van der Waals surface area contributed by atoms with Gasteiger partial charge in [-0.2, -0.15) is 13.2 Å². The minimum absolute atomic E-state index is 0.00193. The number of amides is 3. The van der Waals surface area contributed by atoms with Gasteiger partial charge in [0.2, 0.25) is 15.9 Å². The molecule has 14 heteroatoms. The SMILES string of the molecule is CC(C)C[C@@H](NS(=O)(=O)CCCCCN1CC(=O)NC1=O)c1cc(OCC(F)(F)F)on1. The van der Waals surface area contributed by atoms with Crippen molar-refractivity contribution in [2.24, 2.45) is 5.92 Å². The van der Waals surface area contributed by atoms with Gasteiger partial charge in [0.05, 0.1) is 11.8 Å². The number of carbonyl (C=O) groups excluding carboxylic acids is 2. The number of carbonyl (C=O) groups is 2. The van der Waals surface area contributed by atoms with Crippen LogP contribution in [0.2, 0.25) is 0 Å². The molecular formula is C18H27F3N4O6S. The summed E-state index contributed by atoms with van der Waals surface area (Å²) >= 11 is 0. The van der Waals surface area contributed by atoms with Crippen LogP contribution in [0.1, 0.15) is 51.3 Å². The third-order valence-electron chi connectivity index (χ3n) is 4.48. The van der Waals surface area contributed by atoms with Crippen molar-refractivity contribution < 1.29 is 40.4 Å². The summed E-state index contributed by atoms with van der Waals surface area (Å²) in [6.07, 6.45) is -2.81. The molecule has 0 unspecified atom stereocenters. The van der Waals surface area contributed by atoms with E-state index in [1.807, 2.05) is 13.8 Å². The van der Waals surface area contributed by atoms with E-state index in [1.54, 1.807) is 0 Å². The van der Waals surface area contributed by atoms with Gasteiger partial charge in [-0.15, -0.1) is 0 Å². The molecule has 1 aliphatic heterocycles. The highest BCUT2D eigenvalue weighted by Gasteiger charge is 2.30. The topological polar surface area (TPSA) is 131 Å². The summed E-state index contributed by atoms with van der Waals surface area (Å²) in [5.41, 5.74) is 0.129. The first-order valence-electron chi connectivity index (χ1n) is 10.1. The Labute approximate surface area is 183 Å².